The molecule has 0 fully saturated rings. The van der Waals surface area contributed by atoms with Crippen molar-refractivity contribution in [2.75, 3.05) is 5.75 Å². The van der Waals surface area contributed by atoms with Crippen LogP contribution in [0.3, 0.4) is 0 Å². The molecule has 0 atom stereocenters. The zero-order valence-electron chi connectivity index (χ0n) is 16.9. The van der Waals surface area contributed by atoms with Gasteiger partial charge < -0.3 is 4.90 Å². The Balaban J connectivity index is 2.20. The minimum Gasteiger partial charge on any atom is -0.333 e. The molecule has 6 heteroatoms. The molecule has 28 heavy (non-hydrogen) atoms. The van der Waals surface area contributed by atoms with Crippen molar-refractivity contribution in [2.45, 2.75) is 51.7 Å². The number of carbonyl (C=O) groups is 2. The predicted molar refractivity (Wildman–Crippen MR) is 111 cm³/mol. The number of nitrogens with zero attached hydrogens (tertiary/aromatic N) is 3. The maximum Gasteiger partial charge on any atom is 0.233 e. The van der Waals surface area contributed by atoms with Crippen LogP contribution >= 0.6 is 11.8 Å². The number of Topliss-reactive ketones (excluding diaryl/α,β-unsaturated/α-hetero) is 1. The highest BCUT2D eigenvalue weighted by Gasteiger charge is 2.27. The molecule has 2 aromatic rings. The van der Waals surface area contributed by atoms with Crippen molar-refractivity contribution in [3.05, 3.63) is 58.8 Å². The molecule has 0 saturated carbocycles. The number of hydrogen-bond donors (Lipinski definition) is 0. The van der Waals surface area contributed by atoms with Crippen molar-refractivity contribution in [2.24, 2.45) is 0 Å². The zero-order chi connectivity index (χ0) is 20.9. The van der Waals surface area contributed by atoms with Crippen LogP contribution in [0.1, 0.15) is 54.9 Å². The summed E-state index contributed by atoms with van der Waals surface area (Å²) in [6, 6.07) is 13.5. The largest absolute Gasteiger partial charge is 0.333 e. The van der Waals surface area contributed by atoms with Crippen LogP contribution < -0.4 is 0 Å². The lowest BCUT2D eigenvalue weighted by molar-refractivity contribution is -0.133. The zero-order valence-corrected chi connectivity index (χ0v) is 17.8. The smallest absolute Gasteiger partial charge is 0.233 e. The predicted octanol–water partition coefficient (Wildman–Crippen LogP) is 4.38. The molecule has 0 radical (unpaired) electrons. The van der Waals surface area contributed by atoms with Gasteiger partial charge in [0.2, 0.25) is 5.91 Å². The van der Waals surface area contributed by atoms with Gasteiger partial charge in [-0.1, -0.05) is 42.1 Å². The third-order valence-corrected chi connectivity index (χ3v) is 5.28. The van der Waals surface area contributed by atoms with E-state index in [1.54, 1.807) is 13.0 Å². The van der Waals surface area contributed by atoms with Crippen LogP contribution in [0.4, 0.5) is 0 Å². The fraction of sp³-hybridized carbons (Fsp3) is 0.364. The Bertz CT molecular complexity index is 912. The molecule has 1 aromatic heterocycles. The maximum absolute atomic E-state index is 13.0. The Kier molecular flexibility index (Phi) is 6.98. The third kappa shape index (κ3) is 5.43. The number of aryl methyl sites for hydroxylation is 1. The highest BCUT2D eigenvalue weighted by Crippen LogP contribution is 2.25. The molecule has 146 valence electrons. The maximum atomic E-state index is 13.0. The van der Waals surface area contributed by atoms with Crippen LogP contribution in [0.5, 0.6) is 0 Å². The van der Waals surface area contributed by atoms with Gasteiger partial charge in [0, 0.05) is 23.3 Å². The fourth-order valence-electron chi connectivity index (χ4n) is 2.80. The Labute approximate surface area is 170 Å². The minimum atomic E-state index is -0.340. The summed E-state index contributed by atoms with van der Waals surface area (Å²) in [7, 11) is 0. The van der Waals surface area contributed by atoms with Crippen molar-refractivity contribution >= 4 is 23.5 Å². The monoisotopic (exact) mass is 395 g/mol. The second kappa shape index (κ2) is 9.03. The second-order valence-corrected chi connectivity index (χ2v) is 8.53. The lowest BCUT2D eigenvalue weighted by Crippen LogP contribution is -2.45. The first-order valence-corrected chi connectivity index (χ1v) is 10.0. The van der Waals surface area contributed by atoms with Crippen LogP contribution in [0.2, 0.25) is 0 Å². The van der Waals surface area contributed by atoms with E-state index in [1.807, 2.05) is 56.0 Å². The number of amides is 1. The van der Waals surface area contributed by atoms with E-state index in [1.165, 1.54) is 18.7 Å². The summed E-state index contributed by atoms with van der Waals surface area (Å²) in [6.07, 6.45) is 0. The molecule has 0 N–H and O–H groups in total. The summed E-state index contributed by atoms with van der Waals surface area (Å²) in [5.41, 5.74) is 2.05. The van der Waals surface area contributed by atoms with Gasteiger partial charge in [-0.2, -0.15) is 5.26 Å². The molecule has 1 aromatic carbocycles. The topological polar surface area (TPSA) is 74.1 Å². The van der Waals surface area contributed by atoms with E-state index in [-0.39, 0.29) is 23.0 Å². The van der Waals surface area contributed by atoms with Gasteiger partial charge in [-0.3, -0.25) is 9.59 Å². The van der Waals surface area contributed by atoms with Gasteiger partial charge in [0.05, 0.1) is 11.3 Å². The van der Waals surface area contributed by atoms with Crippen molar-refractivity contribution in [3.63, 3.8) is 0 Å². The normalized spacial score (nSPS) is 11.0. The Morgan fingerprint density at radius 1 is 1.21 bits per heavy atom. The summed E-state index contributed by atoms with van der Waals surface area (Å²) in [4.78, 5) is 30.9. The summed E-state index contributed by atoms with van der Waals surface area (Å²) >= 11 is 1.23. The Morgan fingerprint density at radius 3 is 2.39 bits per heavy atom. The molecule has 0 saturated heterocycles. The average Bonchev–Trinajstić information content (AvgIpc) is 2.63. The number of benzene rings is 1. The van der Waals surface area contributed by atoms with Gasteiger partial charge in [-0.15, -0.1) is 0 Å². The first-order chi connectivity index (χ1) is 13.1. The average molecular weight is 396 g/mol. The van der Waals surface area contributed by atoms with Crippen LogP contribution in [0.15, 0.2) is 41.4 Å². The summed E-state index contributed by atoms with van der Waals surface area (Å²) in [5.74, 6) is 0.0150. The summed E-state index contributed by atoms with van der Waals surface area (Å²) in [6.45, 7) is 9.72. The quantitative estimate of drug-likeness (QED) is 0.536. The van der Waals surface area contributed by atoms with Crippen LogP contribution in [0.25, 0.3) is 0 Å². The summed E-state index contributed by atoms with van der Waals surface area (Å²) in [5, 5.41) is 9.88. The SMILES string of the molecule is CC(=O)c1cc(C#N)c(SCC(=O)N(Cc2ccccc2)C(C)(C)C)nc1C. The number of carbonyl (C=O) groups excluding carboxylic acids is 2. The molecule has 0 spiro atoms. The molecule has 0 unspecified atom stereocenters. The van der Waals surface area contributed by atoms with Crippen molar-refractivity contribution < 1.29 is 9.59 Å². The van der Waals surface area contributed by atoms with E-state index >= 15 is 0 Å². The second-order valence-electron chi connectivity index (χ2n) is 7.57. The minimum absolute atomic E-state index is 0.0275. The molecule has 1 heterocycles. The van der Waals surface area contributed by atoms with E-state index < -0.39 is 0 Å². The molecule has 1 amide bonds. The van der Waals surface area contributed by atoms with Gasteiger partial charge >= 0.3 is 0 Å². The van der Waals surface area contributed by atoms with Crippen LogP contribution in [0, 0.1) is 18.3 Å². The standard InChI is InChI=1S/C22H25N3O2S/c1-15-19(16(2)26)11-18(12-23)21(24-15)28-14-20(27)25(22(3,4)5)13-17-9-7-6-8-10-17/h6-11H,13-14H2,1-5H3. The van der Waals surface area contributed by atoms with Gasteiger partial charge in [-0.05, 0) is 46.2 Å². The number of ketones is 1. The first kappa shape index (κ1) is 21.6. The van der Waals surface area contributed by atoms with Gasteiger partial charge in [0.1, 0.15) is 11.1 Å². The lowest BCUT2D eigenvalue weighted by Gasteiger charge is -2.36. The number of nitriles is 1. The molecule has 5 nitrogen and oxygen atoms in total. The van der Waals surface area contributed by atoms with Gasteiger partial charge in [0.25, 0.3) is 0 Å². The molecule has 0 aliphatic rings. The van der Waals surface area contributed by atoms with E-state index in [2.05, 4.69) is 11.1 Å². The van der Waals surface area contributed by atoms with Crippen molar-refractivity contribution in [3.8, 4) is 6.07 Å². The highest BCUT2D eigenvalue weighted by atomic mass is 32.2. The molecule has 0 bridgehead atoms. The third-order valence-electron chi connectivity index (χ3n) is 4.30. The first-order valence-electron chi connectivity index (χ1n) is 9.03. The fourth-order valence-corrected chi connectivity index (χ4v) is 3.68. The number of rotatable bonds is 6. The van der Waals surface area contributed by atoms with E-state index in [0.717, 1.165) is 5.56 Å². The Morgan fingerprint density at radius 2 is 1.86 bits per heavy atom. The molecule has 0 aliphatic carbocycles. The van der Waals surface area contributed by atoms with Gasteiger partial charge in [0.15, 0.2) is 5.78 Å². The lowest BCUT2D eigenvalue weighted by atomic mass is 10.0. The van der Waals surface area contributed by atoms with E-state index in [0.29, 0.717) is 28.4 Å². The molecule has 0 aliphatic heterocycles. The van der Waals surface area contributed by atoms with E-state index in [4.69, 9.17) is 0 Å². The molecule has 2 rings (SSSR count). The molecular formula is C22H25N3O2S. The van der Waals surface area contributed by atoms with Gasteiger partial charge in [-0.25, -0.2) is 4.98 Å². The molecular weight excluding hydrogens is 370 g/mol. The van der Waals surface area contributed by atoms with Crippen LogP contribution in [-0.2, 0) is 11.3 Å². The number of hydrogen-bond acceptors (Lipinski definition) is 5. The van der Waals surface area contributed by atoms with Crippen LogP contribution in [-0.4, -0.2) is 32.9 Å². The van der Waals surface area contributed by atoms with Crippen molar-refractivity contribution in [1.82, 2.24) is 9.88 Å². The van der Waals surface area contributed by atoms with Crippen molar-refractivity contribution in [1.29, 1.82) is 5.26 Å². The Hall–Kier alpha value is -2.65. The number of thioether (sulfide) groups is 1. The van der Waals surface area contributed by atoms with E-state index in [9.17, 15) is 14.9 Å². The summed E-state index contributed by atoms with van der Waals surface area (Å²) < 4.78 is 0. The number of aromatic nitrogens is 1. The number of pyridine rings is 1. The highest BCUT2D eigenvalue weighted by molar-refractivity contribution is 8.00.